The number of aryl methyl sites for hydroxylation is 2. The molecule has 0 saturated heterocycles. The minimum absolute atomic E-state index is 0.0504. The van der Waals surface area contributed by atoms with Crippen LogP contribution in [0.5, 0.6) is 0 Å². The zero-order chi connectivity index (χ0) is 19.7. The van der Waals surface area contributed by atoms with Gasteiger partial charge in [0.15, 0.2) is 0 Å². The van der Waals surface area contributed by atoms with E-state index in [9.17, 15) is 9.18 Å². The molecule has 0 spiro atoms. The molecule has 3 N–H and O–H groups in total. The molecule has 0 aliphatic rings. The summed E-state index contributed by atoms with van der Waals surface area (Å²) in [5.74, 6) is 5.38. The lowest BCUT2D eigenvalue weighted by atomic mass is 10.3. The highest BCUT2D eigenvalue weighted by molar-refractivity contribution is 8.00. The molecule has 11 heteroatoms. The number of anilines is 1. The van der Waals surface area contributed by atoms with Crippen molar-refractivity contribution < 1.29 is 9.18 Å². The fourth-order valence-corrected chi connectivity index (χ4v) is 3.29. The first-order chi connectivity index (χ1) is 12.8. The van der Waals surface area contributed by atoms with Crippen LogP contribution in [0.25, 0.3) is 5.95 Å². The number of carbonyl (C=O) groups excluding carboxylic acids is 1. The van der Waals surface area contributed by atoms with Crippen molar-refractivity contribution in [3.05, 3.63) is 46.5 Å². The van der Waals surface area contributed by atoms with Crippen LogP contribution < -0.4 is 11.2 Å². The quantitative estimate of drug-likeness (QED) is 0.496. The van der Waals surface area contributed by atoms with Gasteiger partial charge in [-0.25, -0.2) is 13.7 Å². The zero-order valence-electron chi connectivity index (χ0n) is 14.8. The van der Waals surface area contributed by atoms with Gasteiger partial charge in [-0.2, -0.15) is 5.10 Å². The van der Waals surface area contributed by atoms with Crippen molar-refractivity contribution >= 4 is 35.0 Å². The van der Waals surface area contributed by atoms with E-state index in [1.807, 2.05) is 19.9 Å². The molecule has 0 aliphatic carbocycles. The average molecular weight is 410 g/mol. The van der Waals surface area contributed by atoms with Crippen molar-refractivity contribution in [1.29, 1.82) is 0 Å². The highest BCUT2D eigenvalue weighted by Gasteiger charge is 2.21. The minimum Gasteiger partial charge on any atom is -0.334 e. The monoisotopic (exact) mass is 409 g/mol. The zero-order valence-corrected chi connectivity index (χ0v) is 16.3. The number of carbonyl (C=O) groups is 1. The smallest absolute Gasteiger partial charge is 0.271 e. The Kier molecular flexibility index (Phi) is 5.38. The molecule has 3 rings (SSSR count). The molecule has 0 saturated carbocycles. The van der Waals surface area contributed by atoms with E-state index in [-0.39, 0.29) is 10.7 Å². The van der Waals surface area contributed by atoms with Gasteiger partial charge in [-0.05, 0) is 45.0 Å². The van der Waals surface area contributed by atoms with Gasteiger partial charge in [-0.3, -0.25) is 4.79 Å². The largest absolute Gasteiger partial charge is 0.334 e. The second-order valence-corrected chi connectivity index (χ2v) is 7.61. The molecule has 0 unspecified atom stereocenters. The summed E-state index contributed by atoms with van der Waals surface area (Å²) in [6.07, 6.45) is 0. The van der Waals surface area contributed by atoms with Crippen LogP contribution in [0.1, 0.15) is 18.3 Å². The van der Waals surface area contributed by atoms with E-state index in [0.717, 1.165) is 29.2 Å². The molecular weight excluding hydrogens is 393 g/mol. The number of nitrogens with two attached hydrogens (primary N) is 1. The van der Waals surface area contributed by atoms with E-state index in [1.54, 1.807) is 11.6 Å². The van der Waals surface area contributed by atoms with E-state index in [0.29, 0.717) is 11.1 Å². The molecule has 1 atom stereocenters. The Morgan fingerprint density at radius 3 is 2.70 bits per heavy atom. The van der Waals surface area contributed by atoms with Crippen LogP contribution in [-0.2, 0) is 4.79 Å². The molecule has 0 bridgehead atoms. The summed E-state index contributed by atoms with van der Waals surface area (Å²) in [5, 5.41) is 14.9. The van der Waals surface area contributed by atoms with Gasteiger partial charge < -0.3 is 11.2 Å². The van der Waals surface area contributed by atoms with E-state index in [1.165, 1.54) is 16.8 Å². The lowest BCUT2D eigenvalue weighted by Crippen LogP contribution is -2.24. The van der Waals surface area contributed by atoms with Gasteiger partial charge in [-0.1, -0.05) is 23.4 Å². The van der Waals surface area contributed by atoms with E-state index in [4.69, 9.17) is 17.4 Å². The Labute approximate surface area is 163 Å². The number of nitrogens with one attached hydrogen (secondary N) is 1. The Morgan fingerprint density at radius 2 is 2.07 bits per heavy atom. The molecule has 3 aromatic rings. The molecule has 0 aliphatic heterocycles. The molecule has 0 radical (unpaired) electrons. The van der Waals surface area contributed by atoms with Gasteiger partial charge >= 0.3 is 0 Å². The summed E-state index contributed by atoms with van der Waals surface area (Å²) in [4.78, 5) is 12.4. The van der Waals surface area contributed by atoms with Crippen LogP contribution in [0.3, 0.4) is 0 Å². The van der Waals surface area contributed by atoms with Crippen molar-refractivity contribution in [2.45, 2.75) is 31.2 Å². The van der Waals surface area contributed by atoms with Crippen molar-refractivity contribution in [3.8, 4) is 5.95 Å². The third-order valence-electron chi connectivity index (χ3n) is 3.69. The lowest BCUT2D eigenvalue weighted by Gasteiger charge is -2.12. The Hall–Kier alpha value is -2.59. The summed E-state index contributed by atoms with van der Waals surface area (Å²) in [6, 6.07) is 5.92. The fourth-order valence-electron chi connectivity index (χ4n) is 2.36. The molecule has 2 aromatic heterocycles. The Balaban J connectivity index is 1.73. The van der Waals surface area contributed by atoms with E-state index in [2.05, 4.69) is 20.6 Å². The van der Waals surface area contributed by atoms with Gasteiger partial charge in [0.05, 0.1) is 16.6 Å². The summed E-state index contributed by atoms with van der Waals surface area (Å²) < 4.78 is 16.7. The van der Waals surface area contributed by atoms with Crippen LogP contribution in [0.2, 0.25) is 5.02 Å². The number of hydrogen-bond acceptors (Lipinski definition) is 6. The third kappa shape index (κ3) is 4.06. The molecule has 2 heterocycles. The normalized spacial score (nSPS) is 12.2. The number of halogens is 2. The van der Waals surface area contributed by atoms with Gasteiger partial charge in [-0.15, -0.1) is 10.2 Å². The van der Waals surface area contributed by atoms with Crippen molar-refractivity contribution in [2.24, 2.45) is 0 Å². The van der Waals surface area contributed by atoms with Gasteiger partial charge in [0.1, 0.15) is 5.82 Å². The number of nitrogens with zero attached hydrogens (tertiary/aromatic N) is 5. The van der Waals surface area contributed by atoms with Crippen molar-refractivity contribution in [1.82, 2.24) is 24.7 Å². The second-order valence-electron chi connectivity index (χ2n) is 5.86. The standard InChI is InChI=1S/C16H17ClFN7OS/c1-8-6-9(2)25(23-8)15-21-22-16(24(15)19)27-10(3)14(26)20-13-5-4-11(17)7-12(13)18/h4-7,10H,19H2,1-3H3,(H,20,26)/t10-/m0/s1. The van der Waals surface area contributed by atoms with Crippen LogP contribution in [-0.4, -0.2) is 35.8 Å². The maximum Gasteiger partial charge on any atom is 0.271 e. The number of aromatic nitrogens is 5. The van der Waals surface area contributed by atoms with E-state index >= 15 is 0 Å². The average Bonchev–Trinajstić information content (AvgIpc) is 3.12. The van der Waals surface area contributed by atoms with Gasteiger partial charge in [0.2, 0.25) is 11.1 Å². The van der Waals surface area contributed by atoms with Gasteiger partial charge in [0.25, 0.3) is 5.95 Å². The highest BCUT2D eigenvalue weighted by Crippen LogP contribution is 2.24. The first-order valence-corrected chi connectivity index (χ1v) is 9.18. The predicted molar refractivity (Wildman–Crippen MR) is 102 cm³/mol. The van der Waals surface area contributed by atoms with Crippen LogP contribution in [0, 0.1) is 19.7 Å². The number of amides is 1. The molecular formula is C16H17ClFN7OS. The maximum atomic E-state index is 13.8. The highest BCUT2D eigenvalue weighted by atomic mass is 35.5. The molecule has 0 fully saturated rings. The fraction of sp³-hybridized carbons (Fsp3) is 0.250. The summed E-state index contributed by atoms with van der Waals surface area (Å²) >= 11 is 6.81. The van der Waals surface area contributed by atoms with Crippen molar-refractivity contribution in [3.63, 3.8) is 0 Å². The van der Waals surface area contributed by atoms with Crippen molar-refractivity contribution in [2.75, 3.05) is 11.2 Å². The Bertz CT molecular complexity index is 1000. The molecule has 142 valence electrons. The summed E-state index contributed by atoms with van der Waals surface area (Å²) in [5.41, 5.74) is 1.73. The topological polar surface area (TPSA) is 104 Å². The summed E-state index contributed by atoms with van der Waals surface area (Å²) in [6.45, 7) is 5.39. The number of thioether (sulfide) groups is 1. The lowest BCUT2D eigenvalue weighted by molar-refractivity contribution is -0.115. The first-order valence-electron chi connectivity index (χ1n) is 7.93. The molecule has 27 heavy (non-hydrogen) atoms. The van der Waals surface area contributed by atoms with Crippen LogP contribution in [0.4, 0.5) is 10.1 Å². The number of hydrogen-bond donors (Lipinski definition) is 2. The predicted octanol–water partition coefficient (Wildman–Crippen LogP) is 2.71. The molecule has 1 aromatic carbocycles. The third-order valence-corrected chi connectivity index (χ3v) is 4.98. The Morgan fingerprint density at radius 1 is 1.33 bits per heavy atom. The number of nitrogen functional groups attached to an aromatic ring is 1. The van der Waals surface area contributed by atoms with Gasteiger partial charge in [0, 0.05) is 10.7 Å². The maximum absolute atomic E-state index is 13.8. The summed E-state index contributed by atoms with van der Waals surface area (Å²) in [7, 11) is 0. The van der Waals surface area contributed by atoms with E-state index < -0.39 is 17.0 Å². The SMILES string of the molecule is Cc1cc(C)n(-c2nnc(S[C@@H](C)C(=O)Nc3ccc(Cl)cc3F)n2N)n1. The van der Waals surface area contributed by atoms with Crippen LogP contribution >= 0.6 is 23.4 Å². The number of rotatable bonds is 5. The minimum atomic E-state index is -0.609. The number of benzene rings is 1. The second kappa shape index (κ2) is 7.57. The molecule has 8 nitrogen and oxygen atoms in total. The van der Waals surface area contributed by atoms with Crippen LogP contribution in [0.15, 0.2) is 29.4 Å². The molecule has 1 amide bonds. The first kappa shape index (κ1) is 19.2.